The Labute approximate surface area is 85.2 Å². The molecular weight excluding hydrogens is 213 g/mol. The highest BCUT2D eigenvalue weighted by Gasteiger charge is 2.39. The van der Waals surface area contributed by atoms with E-state index in [1.54, 1.807) is 0 Å². The quantitative estimate of drug-likeness (QED) is 0.739. The molecule has 0 unspecified atom stereocenters. The molecule has 2 N–H and O–H groups in total. The van der Waals surface area contributed by atoms with Crippen LogP contribution in [0.15, 0.2) is 0 Å². The first-order valence-electron chi connectivity index (χ1n) is 4.64. The number of halogens is 3. The molecule has 1 rings (SSSR count). The van der Waals surface area contributed by atoms with Crippen molar-refractivity contribution in [3.63, 3.8) is 0 Å². The Balaban J connectivity index is 2.29. The molecular formula is C8H13F3N2O2. The minimum Gasteiger partial charge on any atom is -0.437 e. The number of alkyl carbamates (subject to hydrolysis) is 1. The Morgan fingerprint density at radius 2 is 2.27 bits per heavy atom. The summed E-state index contributed by atoms with van der Waals surface area (Å²) >= 11 is 0. The Hall–Kier alpha value is -0.980. The van der Waals surface area contributed by atoms with Gasteiger partial charge in [-0.1, -0.05) is 0 Å². The number of hydrogen-bond acceptors (Lipinski definition) is 3. The molecule has 1 fully saturated rings. The van der Waals surface area contributed by atoms with Gasteiger partial charge < -0.3 is 15.4 Å². The third kappa shape index (κ3) is 3.94. The van der Waals surface area contributed by atoms with Crippen molar-refractivity contribution in [2.24, 2.45) is 0 Å². The molecule has 1 amide bonds. The van der Waals surface area contributed by atoms with Crippen molar-refractivity contribution in [3.8, 4) is 0 Å². The van der Waals surface area contributed by atoms with E-state index >= 15 is 0 Å². The molecule has 0 aromatic carbocycles. The van der Waals surface area contributed by atoms with E-state index in [1.807, 2.05) is 0 Å². The highest BCUT2D eigenvalue weighted by Crippen LogP contribution is 2.22. The van der Waals surface area contributed by atoms with Crippen LogP contribution in [0.4, 0.5) is 18.0 Å². The van der Waals surface area contributed by atoms with Gasteiger partial charge in [0.25, 0.3) is 0 Å². The SMILES string of the molecule is C[C@H](OC(=O)N[C@H]1CCNC1)C(F)(F)F. The molecule has 0 saturated carbocycles. The van der Waals surface area contributed by atoms with Gasteiger partial charge in [0.1, 0.15) is 0 Å². The molecule has 0 aromatic heterocycles. The summed E-state index contributed by atoms with van der Waals surface area (Å²) in [6.07, 6.45) is -6.90. The van der Waals surface area contributed by atoms with Crippen LogP contribution >= 0.6 is 0 Å². The van der Waals surface area contributed by atoms with Gasteiger partial charge in [-0.3, -0.25) is 0 Å². The van der Waals surface area contributed by atoms with Gasteiger partial charge in [-0.25, -0.2) is 4.79 Å². The van der Waals surface area contributed by atoms with E-state index < -0.39 is 18.4 Å². The van der Waals surface area contributed by atoms with E-state index in [0.717, 1.165) is 13.5 Å². The number of carbonyl (C=O) groups is 1. The van der Waals surface area contributed by atoms with E-state index in [2.05, 4.69) is 15.4 Å². The van der Waals surface area contributed by atoms with Crippen molar-refractivity contribution in [2.75, 3.05) is 13.1 Å². The third-order valence-electron chi connectivity index (χ3n) is 2.13. The Morgan fingerprint density at radius 1 is 1.60 bits per heavy atom. The van der Waals surface area contributed by atoms with Crippen molar-refractivity contribution < 1.29 is 22.7 Å². The summed E-state index contributed by atoms with van der Waals surface area (Å²) in [6, 6.07) is -0.141. The number of amides is 1. The minimum atomic E-state index is -4.51. The van der Waals surface area contributed by atoms with Crippen LogP contribution in [0, 0.1) is 0 Å². The van der Waals surface area contributed by atoms with Gasteiger partial charge in [0.15, 0.2) is 6.10 Å². The number of rotatable bonds is 2. The fraction of sp³-hybridized carbons (Fsp3) is 0.875. The molecule has 7 heteroatoms. The average Bonchev–Trinajstić information content (AvgIpc) is 2.54. The summed E-state index contributed by atoms with van der Waals surface area (Å²) in [5, 5.41) is 5.33. The Bertz CT molecular complexity index is 226. The second kappa shape index (κ2) is 4.69. The van der Waals surface area contributed by atoms with Gasteiger partial charge in [-0.2, -0.15) is 13.2 Å². The van der Waals surface area contributed by atoms with Gasteiger partial charge in [0.05, 0.1) is 0 Å². The van der Waals surface area contributed by atoms with Gasteiger partial charge >= 0.3 is 12.3 Å². The molecule has 0 aliphatic carbocycles. The normalized spacial score (nSPS) is 23.6. The van der Waals surface area contributed by atoms with Crippen LogP contribution in [0.2, 0.25) is 0 Å². The second-order valence-corrected chi connectivity index (χ2v) is 3.42. The summed E-state index contributed by atoms with van der Waals surface area (Å²) in [5.74, 6) is 0. The van der Waals surface area contributed by atoms with Crippen molar-refractivity contribution in [3.05, 3.63) is 0 Å². The first-order valence-corrected chi connectivity index (χ1v) is 4.64. The molecule has 15 heavy (non-hydrogen) atoms. The van der Waals surface area contributed by atoms with Crippen LogP contribution < -0.4 is 10.6 Å². The zero-order chi connectivity index (χ0) is 11.5. The van der Waals surface area contributed by atoms with Crippen molar-refractivity contribution in [2.45, 2.75) is 31.7 Å². The fourth-order valence-electron chi connectivity index (χ4n) is 1.21. The lowest BCUT2D eigenvalue weighted by Crippen LogP contribution is -2.41. The zero-order valence-electron chi connectivity index (χ0n) is 8.23. The maximum absolute atomic E-state index is 12.0. The van der Waals surface area contributed by atoms with Gasteiger partial charge in [0, 0.05) is 12.6 Å². The first kappa shape index (κ1) is 12.1. The van der Waals surface area contributed by atoms with E-state index in [0.29, 0.717) is 13.0 Å². The van der Waals surface area contributed by atoms with Gasteiger partial charge in [0.2, 0.25) is 0 Å². The molecule has 88 valence electrons. The molecule has 1 aliphatic heterocycles. The summed E-state index contributed by atoms with van der Waals surface area (Å²) < 4.78 is 40.2. The smallest absolute Gasteiger partial charge is 0.425 e. The first-order chi connectivity index (χ1) is 6.89. The van der Waals surface area contributed by atoms with Crippen LogP contribution in [-0.4, -0.2) is 37.5 Å². The average molecular weight is 226 g/mol. The minimum absolute atomic E-state index is 0.141. The lowest BCUT2D eigenvalue weighted by atomic mass is 10.3. The molecule has 0 bridgehead atoms. The van der Waals surface area contributed by atoms with Crippen molar-refractivity contribution in [1.82, 2.24) is 10.6 Å². The van der Waals surface area contributed by atoms with Crippen LogP contribution in [0.5, 0.6) is 0 Å². The number of nitrogens with one attached hydrogen (secondary N) is 2. The number of alkyl halides is 3. The highest BCUT2D eigenvalue weighted by molar-refractivity contribution is 5.67. The van der Waals surface area contributed by atoms with E-state index in [-0.39, 0.29) is 6.04 Å². The second-order valence-electron chi connectivity index (χ2n) is 3.42. The summed E-state index contributed by atoms with van der Waals surface area (Å²) in [6.45, 7) is 2.11. The summed E-state index contributed by atoms with van der Waals surface area (Å²) in [7, 11) is 0. The van der Waals surface area contributed by atoms with Crippen LogP contribution in [0.3, 0.4) is 0 Å². The molecule has 1 heterocycles. The molecule has 0 aromatic rings. The molecule has 1 aliphatic rings. The summed E-state index contributed by atoms with van der Waals surface area (Å²) in [4.78, 5) is 11.0. The molecule has 1 saturated heterocycles. The Morgan fingerprint density at radius 3 is 2.73 bits per heavy atom. The van der Waals surface area contributed by atoms with Crippen molar-refractivity contribution >= 4 is 6.09 Å². The lowest BCUT2D eigenvalue weighted by Gasteiger charge is -2.18. The molecule has 0 radical (unpaired) electrons. The van der Waals surface area contributed by atoms with Crippen LogP contribution in [-0.2, 0) is 4.74 Å². The van der Waals surface area contributed by atoms with E-state index in [9.17, 15) is 18.0 Å². The number of ether oxygens (including phenoxy) is 1. The van der Waals surface area contributed by atoms with Crippen LogP contribution in [0.25, 0.3) is 0 Å². The standard InChI is InChI=1S/C8H13F3N2O2/c1-5(8(9,10)11)15-7(14)13-6-2-3-12-4-6/h5-6,12H,2-4H2,1H3,(H,13,14)/t5-,6-/m0/s1. The highest BCUT2D eigenvalue weighted by atomic mass is 19.4. The van der Waals surface area contributed by atoms with Crippen LogP contribution in [0.1, 0.15) is 13.3 Å². The maximum Gasteiger partial charge on any atom is 0.425 e. The molecule has 2 atom stereocenters. The van der Waals surface area contributed by atoms with Gasteiger partial charge in [-0.15, -0.1) is 0 Å². The summed E-state index contributed by atoms with van der Waals surface area (Å²) in [5.41, 5.74) is 0. The lowest BCUT2D eigenvalue weighted by molar-refractivity contribution is -0.197. The largest absolute Gasteiger partial charge is 0.437 e. The molecule has 0 spiro atoms. The van der Waals surface area contributed by atoms with E-state index in [4.69, 9.17) is 0 Å². The predicted molar refractivity (Wildman–Crippen MR) is 46.4 cm³/mol. The molecule has 4 nitrogen and oxygen atoms in total. The fourth-order valence-corrected chi connectivity index (χ4v) is 1.21. The topological polar surface area (TPSA) is 50.4 Å². The zero-order valence-corrected chi connectivity index (χ0v) is 8.23. The number of hydrogen-bond donors (Lipinski definition) is 2. The maximum atomic E-state index is 12.0. The van der Waals surface area contributed by atoms with Crippen molar-refractivity contribution in [1.29, 1.82) is 0 Å². The third-order valence-corrected chi connectivity index (χ3v) is 2.13. The van der Waals surface area contributed by atoms with Gasteiger partial charge in [-0.05, 0) is 19.9 Å². The predicted octanol–water partition coefficient (Wildman–Crippen LogP) is 1.03. The van der Waals surface area contributed by atoms with E-state index in [1.165, 1.54) is 0 Å². The Kier molecular flexibility index (Phi) is 3.78. The number of carbonyl (C=O) groups excluding carboxylic acids is 1. The monoisotopic (exact) mass is 226 g/mol.